The zero-order valence-corrected chi connectivity index (χ0v) is 41.7. The Balaban J connectivity index is 0.000000188. The molecule has 0 atom stereocenters. The number of hydrogen-bond acceptors (Lipinski definition) is 3. The molecule has 1 radical (unpaired) electrons. The van der Waals surface area contributed by atoms with Gasteiger partial charge in [-0.25, -0.2) is 0 Å². The second-order valence-corrected chi connectivity index (χ2v) is 18.6. The van der Waals surface area contributed by atoms with Crippen molar-refractivity contribution in [2.24, 2.45) is 0 Å². The SMILES string of the molecule is CC(C)c1cccc(C(C)C)c1-n1c(-c2[c-]cccc2)nc2ccccc21.[2H]C([2H])([2H])c1c[c-]c(-c2nc3ccccc3n2-c2c(C(C)C)cccc2C(C)C)c2oc3cc4ccccc4cc3c12.[Ir]. The Morgan fingerprint density at radius 1 is 0.537 bits per heavy atom. The summed E-state index contributed by atoms with van der Waals surface area (Å²) in [5.41, 5.74) is 14.5. The third kappa shape index (κ3) is 8.11. The monoisotopic (exact) mass is 1060 g/mol. The zero-order valence-electron chi connectivity index (χ0n) is 42.3. The van der Waals surface area contributed by atoms with E-state index in [-0.39, 0.29) is 37.5 Å². The first-order valence-corrected chi connectivity index (χ1v) is 23.2. The van der Waals surface area contributed by atoms with Crippen LogP contribution in [0.25, 0.3) is 88.9 Å². The maximum Gasteiger partial charge on any atom is 0.121 e. The predicted octanol–water partition coefficient (Wildman–Crippen LogP) is 16.8. The fourth-order valence-electron chi connectivity index (χ4n) is 9.60. The summed E-state index contributed by atoms with van der Waals surface area (Å²) in [6.45, 7) is 15.5. The number of para-hydroxylation sites is 6. The fraction of sp³-hybridized carbons (Fsp3) is 0.213. The molecule has 0 aliphatic carbocycles. The summed E-state index contributed by atoms with van der Waals surface area (Å²) >= 11 is 0. The third-order valence-corrected chi connectivity index (χ3v) is 12.8. The van der Waals surface area contributed by atoms with E-state index >= 15 is 0 Å². The number of imidazole rings is 2. The van der Waals surface area contributed by atoms with Crippen molar-refractivity contribution in [3.63, 3.8) is 0 Å². The number of fused-ring (bicyclic) bond motifs is 6. The summed E-state index contributed by atoms with van der Waals surface area (Å²) in [6, 6.07) is 58.2. The number of hydrogen-bond donors (Lipinski definition) is 0. The van der Waals surface area contributed by atoms with E-state index in [2.05, 4.69) is 149 Å². The summed E-state index contributed by atoms with van der Waals surface area (Å²) in [6.07, 6.45) is 0. The first-order chi connectivity index (χ1) is 33.2. The zero-order chi connectivity index (χ0) is 48.3. The number of aryl methyl sites for hydroxylation is 1. The normalized spacial score (nSPS) is 12.6. The van der Waals surface area contributed by atoms with Gasteiger partial charge in [-0.2, -0.15) is 0 Å². The predicted molar refractivity (Wildman–Crippen MR) is 277 cm³/mol. The Kier molecular flexibility index (Phi) is 11.6. The van der Waals surface area contributed by atoms with Crippen LogP contribution in [0.3, 0.4) is 0 Å². The molecule has 0 spiro atoms. The van der Waals surface area contributed by atoms with E-state index in [0.29, 0.717) is 39.8 Å². The van der Waals surface area contributed by atoms with Gasteiger partial charge >= 0.3 is 0 Å². The van der Waals surface area contributed by atoms with Gasteiger partial charge in [-0.05, 0) is 93.1 Å². The van der Waals surface area contributed by atoms with Gasteiger partial charge in [0, 0.05) is 41.0 Å². The Morgan fingerprint density at radius 2 is 1.03 bits per heavy atom. The molecule has 11 rings (SSSR count). The molecular formula is C61H56IrN4O-2. The van der Waals surface area contributed by atoms with E-state index in [9.17, 15) is 0 Å². The van der Waals surface area contributed by atoms with E-state index in [1.54, 1.807) is 6.07 Å². The molecule has 3 heterocycles. The molecule has 0 saturated carbocycles. The van der Waals surface area contributed by atoms with Crippen molar-refractivity contribution < 1.29 is 28.6 Å². The number of rotatable bonds is 8. The minimum Gasteiger partial charge on any atom is -0.501 e. The largest absolute Gasteiger partial charge is 0.501 e. The summed E-state index contributed by atoms with van der Waals surface area (Å²) in [7, 11) is 0. The van der Waals surface area contributed by atoms with Crippen molar-refractivity contribution in [2.75, 3.05) is 0 Å². The standard InChI is InChI=1S/C36H31N2O.C25H25N2.Ir/c1-21(2)26-13-10-14-27(22(3)4)34(26)38-31-16-9-8-15-30(31)37-36(38)28-18-17-23(5)33-29-19-24-11-6-7-12-25(24)20-32(29)39-35(28)33;1-17(2)20-13-10-14-21(18(3)4)24(20)27-23-16-9-8-15-22(23)26-25(27)19-11-6-5-7-12-19;/h6-17,19-22H,1-5H3;5-11,13-18H,1-4H3;/q2*-1;/i5D3;;. The minimum atomic E-state index is -2.34. The summed E-state index contributed by atoms with van der Waals surface area (Å²) in [5, 5.41) is 3.42. The summed E-state index contributed by atoms with van der Waals surface area (Å²) in [4.78, 5) is 10.2. The molecule has 67 heavy (non-hydrogen) atoms. The number of aromatic nitrogens is 4. The number of benzene rings is 8. The Labute approximate surface area is 412 Å². The van der Waals surface area contributed by atoms with Gasteiger partial charge in [0.15, 0.2) is 0 Å². The maximum atomic E-state index is 8.37. The molecule has 6 heteroatoms. The van der Waals surface area contributed by atoms with Crippen LogP contribution in [0.4, 0.5) is 0 Å². The topological polar surface area (TPSA) is 48.8 Å². The van der Waals surface area contributed by atoms with E-state index in [0.717, 1.165) is 55.3 Å². The van der Waals surface area contributed by atoms with Gasteiger partial charge in [0.2, 0.25) is 0 Å². The van der Waals surface area contributed by atoms with Gasteiger partial charge in [0.25, 0.3) is 0 Å². The molecule has 0 unspecified atom stereocenters. The van der Waals surface area contributed by atoms with Crippen LogP contribution < -0.4 is 0 Å². The van der Waals surface area contributed by atoms with Crippen molar-refractivity contribution >= 4 is 54.8 Å². The molecule has 8 aromatic carbocycles. The van der Waals surface area contributed by atoms with Crippen molar-refractivity contribution in [3.8, 4) is 34.2 Å². The van der Waals surface area contributed by atoms with Gasteiger partial charge in [-0.15, -0.1) is 53.6 Å². The van der Waals surface area contributed by atoms with Crippen LogP contribution >= 0.6 is 0 Å². The molecule has 0 aliphatic rings. The van der Waals surface area contributed by atoms with Crippen LogP contribution in [-0.2, 0) is 20.1 Å². The first kappa shape index (κ1) is 41.8. The molecule has 337 valence electrons. The molecule has 0 N–H and O–H groups in total. The third-order valence-electron chi connectivity index (χ3n) is 12.8. The second kappa shape index (κ2) is 18.6. The Bertz CT molecular complexity index is 3640. The maximum absolute atomic E-state index is 8.37. The van der Waals surface area contributed by atoms with Crippen LogP contribution in [0.5, 0.6) is 0 Å². The van der Waals surface area contributed by atoms with Gasteiger partial charge in [0.05, 0.1) is 39.3 Å². The fourth-order valence-corrected chi connectivity index (χ4v) is 9.60. The van der Waals surface area contributed by atoms with Crippen LogP contribution in [0.15, 0.2) is 156 Å². The summed E-state index contributed by atoms with van der Waals surface area (Å²) < 4.78 is 36.3. The molecule has 0 fully saturated rings. The Morgan fingerprint density at radius 3 is 1.55 bits per heavy atom. The van der Waals surface area contributed by atoms with Crippen molar-refractivity contribution in [2.45, 2.75) is 85.9 Å². The van der Waals surface area contributed by atoms with Crippen molar-refractivity contribution in [1.29, 1.82) is 0 Å². The molecule has 5 nitrogen and oxygen atoms in total. The van der Waals surface area contributed by atoms with Crippen molar-refractivity contribution in [3.05, 3.63) is 192 Å². The molecule has 0 amide bonds. The summed E-state index contributed by atoms with van der Waals surface area (Å²) in [5.74, 6) is 3.02. The molecule has 0 saturated heterocycles. The second-order valence-electron chi connectivity index (χ2n) is 18.6. The van der Waals surface area contributed by atoms with Crippen LogP contribution in [0.1, 0.15) is 111 Å². The minimum absolute atomic E-state index is 0. The average Bonchev–Trinajstić information content (AvgIpc) is 4.04. The smallest absolute Gasteiger partial charge is 0.121 e. The van der Waals surface area contributed by atoms with Crippen molar-refractivity contribution in [1.82, 2.24) is 19.1 Å². The van der Waals surface area contributed by atoms with Gasteiger partial charge in [-0.1, -0.05) is 158 Å². The van der Waals surface area contributed by atoms with E-state index in [1.165, 1.54) is 27.9 Å². The van der Waals surface area contributed by atoms with Gasteiger partial charge < -0.3 is 13.6 Å². The number of nitrogens with zero attached hydrogens (tertiary/aromatic N) is 4. The van der Waals surface area contributed by atoms with E-state index in [4.69, 9.17) is 18.5 Å². The van der Waals surface area contributed by atoms with Crippen LogP contribution in [-0.4, -0.2) is 19.1 Å². The first-order valence-electron chi connectivity index (χ1n) is 24.7. The molecule has 11 aromatic rings. The molecule has 0 aliphatic heterocycles. The average molecular weight is 1060 g/mol. The molecular weight excluding hydrogens is 997 g/mol. The van der Waals surface area contributed by atoms with Gasteiger partial charge in [-0.3, -0.25) is 9.97 Å². The van der Waals surface area contributed by atoms with Gasteiger partial charge in [0.1, 0.15) is 5.58 Å². The van der Waals surface area contributed by atoms with Crippen LogP contribution in [0, 0.1) is 19.0 Å². The van der Waals surface area contributed by atoms with Crippen LogP contribution in [0.2, 0.25) is 0 Å². The number of furan rings is 1. The molecule has 0 bridgehead atoms. The Hall–Kier alpha value is -6.59. The van der Waals surface area contributed by atoms with E-state index in [1.807, 2.05) is 72.8 Å². The quantitative estimate of drug-likeness (QED) is 0.143. The molecule has 3 aromatic heterocycles. The van der Waals surface area contributed by atoms with E-state index < -0.39 is 6.85 Å².